The molecule has 0 bridgehead atoms. The van der Waals surface area contributed by atoms with Crippen molar-refractivity contribution in [3.05, 3.63) is 78.5 Å². The first-order valence-corrected chi connectivity index (χ1v) is 7.63. The van der Waals surface area contributed by atoms with Crippen LogP contribution in [-0.2, 0) is 0 Å². The third-order valence-corrected chi connectivity index (χ3v) is 3.87. The van der Waals surface area contributed by atoms with E-state index >= 15 is 0 Å². The van der Waals surface area contributed by atoms with E-state index in [1.165, 1.54) is 22.2 Å². The van der Waals surface area contributed by atoms with Crippen molar-refractivity contribution in [3.63, 3.8) is 0 Å². The highest BCUT2D eigenvalue weighted by Crippen LogP contribution is 2.30. The zero-order chi connectivity index (χ0) is 14.5. The van der Waals surface area contributed by atoms with Gasteiger partial charge < -0.3 is 4.90 Å². The zero-order valence-corrected chi connectivity index (χ0v) is 12.5. The van der Waals surface area contributed by atoms with Crippen molar-refractivity contribution in [2.75, 3.05) is 11.4 Å². The summed E-state index contributed by atoms with van der Waals surface area (Å²) in [5.74, 6) is 0. The number of hydrogen-bond acceptors (Lipinski definition) is 1. The lowest BCUT2D eigenvalue weighted by atomic mass is 10.1. The van der Waals surface area contributed by atoms with Gasteiger partial charge in [-0.3, -0.25) is 0 Å². The van der Waals surface area contributed by atoms with Crippen LogP contribution in [0.25, 0.3) is 10.8 Å². The largest absolute Gasteiger partial charge is 0.337 e. The molecule has 0 amide bonds. The van der Waals surface area contributed by atoms with Crippen molar-refractivity contribution in [1.82, 2.24) is 0 Å². The summed E-state index contributed by atoms with van der Waals surface area (Å²) < 4.78 is 0. The molecule has 0 saturated carbocycles. The first-order valence-electron chi connectivity index (χ1n) is 7.63. The number of hydrogen-bond donors (Lipinski definition) is 0. The maximum absolute atomic E-state index is 2.40. The van der Waals surface area contributed by atoms with E-state index in [0.717, 1.165) is 19.4 Å². The summed E-state index contributed by atoms with van der Waals surface area (Å²) in [6.07, 6.45) is 13.5. The summed E-state index contributed by atoms with van der Waals surface area (Å²) in [6.45, 7) is 2.98. The molecule has 0 aromatic heterocycles. The van der Waals surface area contributed by atoms with Crippen LogP contribution in [0.4, 0.5) is 5.69 Å². The number of allylic oxidation sites excluding steroid dienone is 4. The molecule has 0 fully saturated rings. The molecule has 0 atom stereocenters. The normalized spacial score (nSPS) is 14.6. The van der Waals surface area contributed by atoms with Crippen LogP contribution in [0.2, 0.25) is 0 Å². The topological polar surface area (TPSA) is 3.24 Å². The SMILES string of the molecule is C/C=C\CN(C1=CCCC=C1)c1cccc2ccccc12. The van der Waals surface area contributed by atoms with Gasteiger partial charge in [0, 0.05) is 23.3 Å². The Bertz CT molecular complexity index is 701. The molecule has 0 unspecified atom stereocenters. The van der Waals surface area contributed by atoms with Gasteiger partial charge in [-0.15, -0.1) is 0 Å². The molecule has 1 nitrogen and oxygen atoms in total. The van der Waals surface area contributed by atoms with Gasteiger partial charge in [0.1, 0.15) is 0 Å². The number of rotatable bonds is 4. The maximum Gasteiger partial charge on any atom is 0.0493 e. The second-order valence-electron chi connectivity index (χ2n) is 5.29. The molecular weight excluding hydrogens is 254 g/mol. The smallest absolute Gasteiger partial charge is 0.0493 e. The van der Waals surface area contributed by atoms with Crippen LogP contribution in [0.1, 0.15) is 19.8 Å². The van der Waals surface area contributed by atoms with Crippen molar-refractivity contribution in [2.45, 2.75) is 19.8 Å². The van der Waals surface area contributed by atoms with Crippen LogP contribution < -0.4 is 4.90 Å². The fraction of sp³-hybridized carbons (Fsp3) is 0.200. The molecule has 1 heteroatoms. The minimum absolute atomic E-state index is 0.903. The average Bonchev–Trinajstić information content (AvgIpc) is 2.56. The van der Waals surface area contributed by atoms with Crippen molar-refractivity contribution < 1.29 is 0 Å². The highest BCUT2D eigenvalue weighted by molar-refractivity contribution is 5.95. The van der Waals surface area contributed by atoms with Crippen molar-refractivity contribution >= 4 is 16.5 Å². The molecule has 21 heavy (non-hydrogen) atoms. The highest BCUT2D eigenvalue weighted by atomic mass is 15.1. The Morgan fingerprint density at radius 2 is 1.90 bits per heavy atom. The maximum atomic E-state index is 2.40. The van der Waals surface area contributed by atoms with Crippen LogP contribution in [0, 0.1) is 0 Å². The van der Waals surface area contributed by atoms with E-state index in [0.29, 0.717) is 0 Å². The first-order chi connectivity index (χ1) is 10.4. The quantitative estimate of drug-likeness (QED) is 0.670. The van der Waals surface area contributed by atoms with E-state index in [9.17, 15) is 0 Å². The third-order valence-electron chi connectivity index (χ3n) is 3.87. The molecule has 3 rings (SSSR count). The highest BCUT2D eigenvalue weighted by Gasteiger charge is 2.12. The van der Waals surface area contributed by atoms with Gasteiger partial charge in [-0.05, 0) is 37.3 Å². The van der Waals surface area contributed by atoms with E-state index in [-0.39, 0.29) is 0 Å². The summed E-state index contributed by atoms with van der Waals surface area (Å²) >= 11 is 0. The lowest BCUT2D eigenvalue weighted by Gasteiger charge is -2.27. The molecule has 0 heterocycles. The Morgan fingerprint density at radius 3 is 2.71 bits per heavy atom. The van der Waals surface area contributed by atoms with Gasteiger partial charge in [-0.1, -0.05) is 60.7 Å². The fourth-order valence-corrected chi connectivity index (χ4v) is 2.80. The minimum atomic E-state index is 0.903. The van der Waals surface area contributed by atoms with E-state index in [1.807, 2.05) is 0 Å². The Hall–Kier alpha value is -2.28. The van der Waals surface area contributed by atoms with Gasteiger partial charge in [0.25, 0.3) is 0 Å². The van der Waals surface area contributed by atoms with Crippen LogP contribution in [0.3, 0.4) is 0 Å². The third kappa shape index (κ3) is 2.92. The van der Waals surface area contributed by atoms with Gasteiger partial charge >= 0.3 is 0 Å². The monoisotopic (exact) mass is 275 g/mol. The number of anilines is 1. The summed E-state index contributed by atoms with van der Waals surface area (Å²) in [4.78, 5) is 2.40. The van der Waals surface area contributed by atoms with Crippen LogP contribution in [-0.4, -0.2) is 6.54 Å². The van der Waals surface area contributed by atoms with E-state index in [1.54, 1.807) is 0 Å². The lowest BCUT2D eigenvalue weighted by molar-refractivity contribution is 0.959. The zero-order valence-electron chi connectivity index (χ0n) is 12.5. The number of nitrogens with zero attached hydrogens (tertiary/aromatic N) is 1. The Kier molecular flexibility index (Phi) is 4.20. The first kappa shape index (κ1) is 13.7. The molecule has 0 aliphatic heterocycles. The lowest BCUT2D eigenvalue weighted by Crippen LogP contribution is -2.22. The van der Waals surface area contributed by atoms with E-state index in [2.05, 4.69) is 84.7 Å². The Labute approximate surface area is 126 Å². The van der Waals surface area contributed by atoms with Crippen molar-refractivity contribution in [2.24, 2.45) is 0 Å². The van der Waals surface area contributed by atoms with Crippen LogP contribution in [0.5, 0.6) is 0 Å². The van der Waals surface area contributed by atoms with E-state index in [4.69, 9.17) is 0 Å². The summed E-state index contributed by atoms with van der Waals surface area (Å²) in [5, 5.41) is 2.60. The van der Waals surface area contributed by atoms with Crippen molar-refractivity contribution in [3.8, 4) is 0 Å². The van der Waals surface area contributed by atoms with E-state index < -0.39 is 0 Å². The summed E-state index contributed by atoms with van der Waals surface area (Å²) in [7, 11) is 0. The second-order valence-corrected chi connectivity index (χ2v) is 5.29. The summed E-state index contributed by atoms with van der Waals surface area (Å²) in [5.41, 5.74) is 2.58. The molecule has 2 aromatic carbocycles. The van der Waals surface area contributed by atoms with Gasteiger partial charge in [-0.2, -0.15) is 0 Å². The molecule has 0 N–H and O–H groups in total. The average molecular weight is 275 g/mol. The molecule has 106 valence electrons. The molecule has 0 radical (unpaired) electrons. The van der Waals surface area contributed by atoms with Gasteiger partial charge in [0.05, 0.1) is 0 Å². The Balaban J connectivity index is 2.09. The molecule has 0 spiro atoms. The van der Waals surface area contributed by atoms with Gasteiger partial charge in [-0.25, -0.2) is 0 Å². The number of fused-ring (bicyclic) bond motifs is 1. The molecular formula is C20H21N. The van der Waals surface area contributed by atoms with Gasteiger partial charge in [0.2, 0.25) is 0 Å². The standard InChI is InChI=1S/C20H21N/c1-2-3-16-21(18-12-5-4-6-13-18)20-15-9-11-17-10-7-8-14-19(17)20/h2-3,5,7-15H,4,6,16H2,1H3/b3-2-. The molecule has 2 aromatic rings. The van der Waals surface area contributed by atoms with Gasteiger partial charge in [0.15, 0.2) is 0 Å². The number of benzene rings is 2. The predicted octanol–water partition coefficient (Wildman–Crippen LogP) is 5.46. The predicted molar refractivity (Wildman–Crippen MR) is 92.6 cm³/mol. The molecule has 1 aliphatic rings. The fourth-order valence-electron chi connectivity index (χ4n) is 2.80. The summed E-state index contributed by atoms with van der Waals surface area (Å²) in [6, 6.07) is 15.1. The molecule has 1 aliphatic carbocycles. The minimum Gasteiger partial charge on any atom is -0.337 e. The van der Waals surface area contributed by atoms with Crippen LogP contribution >= 0.6 is 0 Å². The molecule has 0 saturated heterocycles. The van der Waals surface area contributed by atoms with Crippen LogP contribution in [0.15, 0.2) is 78.5 Å². The second kappa shape index (κ2) is 6.45. The van der Waals surface area contributed by atoms with Crippen molar-refractivity contribution in [1.29, 1.82) is 0 Å². The Morgan fingerprint density at radius 1 is 1.05 bits per heavy atom.